The number of halogens is 2. The average Bonchev–Trinajstić information content (AvgIpc) is 2.70. The van der Waals surface area contributed by atoms with Crippen LogP contribution in [0.4, 0.5) is 4.39 Å². The molecule has 0 bridgehead atoms. The maximum atomic E-state index is 14.0. The van der Waals surface area contributed by atoms with Crippen molar-refractivity contribution in [2.45, 2.75) is 58.5 Å². The maximum absolute atomic E-state index is 14.0. The van der Waals surface area contributed by atoms with Crippen LogP contribution < -0.4 is 5.32 Å². The molecule has 0 aliphatic heterocycles. The number of thioether (sulfide) groups is 1. The molecule has 2 aromatic carbocycles. The van der Waals surface area contributed by atoms with Crippen LogP contribution in [0, 0.1) is 12.7 Å². The zero-order valence-electron chi connectivity index (χ0n) is 18.5. The average molecular weight is 465 g/mol. The predicted octanol–water partition coefficient (Wildman–Crippen LogP) is 5.35. The van der Waals surface area contributed by atoms with E-state index in [4.69, 9.17) is 11.6 Å². The number of nitrogens with zero attached hydrogens (tertiary/aromatic N) is 1. The molecule has 0 heterocycles. The highest BCUT2D eigenvalue weighted by Gasteiger charge is 2.29. The summed E-state index contributed by atoms with van der Waals surface area (Å²) in [5.74, 6) is -0.299. The Kier molecular flexibility index (Phi) is 9.85. The molecule has 0 unspecified atom stereocenters. The Hall–Kier alpha value is -2.05. The molecule has 31 heavy (non-hydrogen) atoms. The summed E-state index contributed by atoms with van der Waals surface area (Å²) >= 11 is 7.39. The van der Waals surface area contributed by atoms with Gasteiger partial charge in [-0.25, -0.2) is 4.39 Å². The highest BCUT2D eigenvalue weighted by atomic mass is 35.5. The van der Waals surface area contributed by atoms with Gasteiger partial charge >= 0.3 is 0 Å². The summed E-state index contributed by atoms with van der Waals surface area (Å²) in [4.78, 5) is 27.7. The van der Waals surface area contributed by atoms with Crippen LogP contribution in [0.25, 0.3) is 0 Å². The molecule has 1 N–H and O–H groups in total. The normalized spacial score (nSPS) is 12.0. The molecule has 4 nitrogen and oxygen atoms in total. The van der Waals surface area contributed by atoms with Crippen molar-refractivity contribution in [2.75, 3.05) is 5.75 Å². The lowest BCUT2D eigenvalue weighted by molar-refractivity contribution is -0.139. The number of rotatable bonds is 10. The fourth-order valence-corrected chi connectivity index (χ4v) is 4.51. The molecule has 0 aromatic heterocycles. The van der Waals surface area contributed by atoms with E-state index in [9.17, 15) is 14.0 Å². The first-order valence-electron chi connectivity index (χ1n) is 10.4. The molecule has 0 saturated carbocycles. The number of hydrogen-bond donors (Lipinski definition) is 1. The van der Waals surface area contributed by atoms with Gasteiger partial charge in [0, 0.05) is 28.9 Å². The van der Waals surface area contributed by atoms with Gasteiger partial charge in [0.2, 0.25) is 11.8 Å². The van der Waals surface area contributed by atoms with Crippen LogP contribution in [0.3, 0.4) is 0 Å². The second-order valence-electron chi connectivity index (χ2n) is 7.73. The van der Waals surface area contributed by atoms with Gasteiger partial charge in [-0.1, -0.05) is 48.9 Å². The Morgan fingerprint density at radius 1 is 1.16 bits per heavy atom. The van der Waals surface area contributed by atoms with Crippen LogP contribution in [-0.2, 0) is 21.9 Å². The second-order valence-corrected chi connectivity index (χ2v) is 9.12. The third-order valence-electron chi connectivity index (χ3n) is 4.95. The van der Waals surface area contributed by atoms with Crippen molar-refractivity contribution in [1.82, 2.24) is 10.2 Å². The zero-order valence-corrected chi connectivity index (χ0v) is 20.0. The maximum Gasteiger partial charge on any atom is 0.243 e. The lowest BCUT2D eigenvalue weighted by Gasteiger charge is -2.31. The van der Waals surface area contributed by atoms with Gasteiger partial charge < -0.3 is 10.2 Å². The molecule has 7 heteroatoms. The van der Waals surface area contributed by atoms with Crippen LogP contribution in [-0.4, -0.2) is 34.6 Å². The van der Waals surface area contributed by atoms with Gasteiger partial charge in [0.15, 0.2) is 0 Å². The third-order valence-corrected chi connectivity index (χ3v) is 6.25. The van der Waals surface area contributed by atoms with E-state index in [0.29, 0.717) is 23.6 Å². The molecule has 168 valence electrons. The molecule has 2 aromatic rings. The largest absolute Gasteiger partial charge is 0.352 e. The molecule has 2 amide bonds. The zero-order chi connectivity index (χ0) is 23.0. The predicted molar refractivity (Wildman–Crippen MR) is 127 cm³/mol. The third kappa shape index (κ3) is 7.25. The van der Waals surface area contributed by atoms with E-state index in [0.717, 1.165) is 11.1 Å². The second kappa shape index (κ2) is 12.1. The van der Waals surface area contributed by atoms with Crippen LogP contribution >= 0.6 is 23.4 Å². The van der Waals surface area contributed by atoms with E-state index in [2.05, 4.69) is 5.32 Å². The minimum atomic E-state index is -0.577. The summed E-state index contributed by atoms with van der Waals surface area (Å²) < 4.78 is 14.0. The summed E-state index contributed by atoms with van der Waals surface area (Å²) in [6.45, 7) is 8.02. The van der Waals surface area contributed by atoms with E-state index in [-0.39, 0.29) is 35.2 Å². The van der Waals surface area contributed by atoms with E-state index in [1.807, 2.05) is 52.0 Å². The first-order valence-corrected chi connectivity index (χ1v) is 11.9. The summed E-state index contributed by atoms with van der Waals surface area (Å²) in [5.41, 5.74) is 2.44. The van der Waals surface area contributed by atoms with E-state index >= 15 is 0 Å². The van der Waals surface area contributed by atoms with Crippen LogP contribution in [0.15, 0.2) is 42.5 Å². The monoisotopic (exact) mass is 464 g/mol. The smallest absolute Gasteiger partial charge is 0.243 e. The molecular formula is C24H30ClFN2O2S. The van der Waals surface area contributed by atoms with E-state index < -0.39 is 6.04 Å². The molecule has 0 aliphatic rings. The fourth-order valence-electron chi connectivity index (χ4n) is 3.26. The number of benzene rings is 2. The lowest BCUT2D eigenvalue weighted by Crippen LogP contribution is -2.51. The number of carbonyl (C=O) groups excluding carboxylic acids is 2. The molecule has 0 fully saturated rings. The highest BCUT2D eigenvalue weighted by molar-refractivity contribution is 7.99. The number of amides is 2. The van der Waals surface area contributed by atoms with Crippen molar-refractivity contribution in [3.63, 3.8) is 0 Å². The number of hydrogen-bond acceptors (Lipinski definition) is 3. The molecule has 1 atom stereocenters. The molecular weight excluding hydrogens is 435 g/mol. The molecule has 0 spiro atoms. The summed E-state index contributed by atoms with van der Waals surface area (Å²) in [5, 5.41) is 3.27. The Morgan fingerprint density at radius 3 is 2.48 bits per heavy atom. The van der Waals surface area contributed by atoms with Gasteiger partial charge in [0.25, 0.3) is 0 Å². The van der Waals surface area contributed by atoms with E-state index in [1.54, 1.807) is 17.0 Å². The van der Waals surface area contributed by atoms with Gasteiger partial charge in [-0.15, -0.1) is 11.8 Å². The van der Waals surface area contributed by atoms with Crippen molar-refractivity contribution in [1.29, 1.82) is 0 Å². The highest BCUT2D eigenvalue weighted by Crippen LogP contribution is 2.25. The first-order chi connectivity index (χ1) is 14.7. The Labute approximate surface area is 193 Å². The molecule has 0 radical (unpaired) electrons. The number of nitrogens with one attached hydrogen (secondary N) is 1. The van der Waals surface area contributed by atoms with Crippen molar-refractivity contribution in [3.8, 4) is 0 Å². The number of carbonyl (C=O) groups is 2. The van der Waals surface area contributed by atoms with Crippen molar-refractivity contribution in [2.24, 2.45) is 0 Å². The van der Waals surface area contributed by atoms with Crippen LogP contribution in [0.5, 0.6) is 0 Å². The van der Waals surface area contributed by atoms with Crippen LogP contribution in [0.2, 0.25) is 5.02 Å². The fraction of sp³-hybridized carbons (Fsp3) is 0.417. The molecule has 0 aliphatic carbocycles. The Balaban J connectivity index is 2.18. The Bertz CT molecular complexity index is 887. The SMILES string of the molecule is CC[C@H](C(=O)NC(C)C)N(Cc1ccccc1C)C(=O)CSCc1c(F)cccc1Cl. The number of aryl methyl sites for hydroxylation is 1. The van der Waals surface area contributed by atoms with Crippen molar-refractivity contribution < 1.29 is 14.0 Å². The standard InChI is InChI=1S/C24H30ClFN2O2S/c1-5-22(24(30)27-16(2)3)28(13-18-10-7-6-9-17(18)4)23(29)15-31-14-19-20(25)11-8-12-21(19)26/h6-12,16,22H,5,13-15H2,1-4H3,(H,27,30)/t22-/m1/s1. The van der Waals surface area contributed by atoms with Gasteiger partial charge in [-0.3, -0.25) is 9.59 Å². The quantitative estimate of drug-likeness (QED) is 0.515. The molecule has 0 saturated heterocycles. The first kappa shape index (κ1) is 25.2. The topological polar surface area (TPSA) is 49.4 Å². The van der Waals surface area contributed by atoms with Gasteiger partial charge in [0.1, 0.15) is 11.9 Å². The lowest BCUT2D eigenvalue weighted by atomic mass is 10.1. The van der Waals surface area contributed by atoms with E-state index in [1.165, 1.54) is 17.8 Å². The van der Waals surface area contributed by atoms with Gasteiger partial charge in [-0.2, -0.15) is 0 Å². The Morgan fingerprint density at radius 2 is 1.87 bits per heavy atom. The summed E-state index contributed by atoms with van der Waals surface area (Å²) in [6.07, 6.45) is 0.500. The minimum Gasteiger partial charge on any atom is -0.352 e. The van der Waals surface area contributed by atoms with Gasteiger partial charge in [-0.05, 0) is 50.5 Å². The minimum absolute atomic E-state index is 0.0189. The van der Waals surface area contributed by atoms with Crippen LogP contribution in [0.1, 0.15) is 43.9 Å². The molecule has 2 rings (SSSR count). The van der Waals surface area contributed by atoms with Gasteiger partial charge in [0.05, 0.1) is 5.75 Å². The summed E-state index contributed by atoms with van der Waals surface area (Å²) in [7, 11) is 0. The van der Waals surface area contributed by atoms with Crippen molar-refractivity contribution >= 4 is 35.2 Å². The van der Waals surface area contributed by atoms with Crippen molar-refractivity contribution in [3.05, 3.63) is 70.0 Å². The summed E-state index contributed by atoms with van der Waals surface area (Å²) in [6, 6.07) is 11.8.